The zero-order chi connectivity index (χ0) is 8.15. The maximum Gasteiger partial charge on any atom is 0.390 e. The van der Waals surface area contributed by atoms with Crippen LogP contribution in [0.4, 0.5) is 0 Å². The molecule has 11 heavy (non-hydrogen) atoms. The number of nitrogens with zero attached hydrogens (tertiary/aromatic N) is 4. The maximum atomic E-state index is 8.23. The standard InChI is InChI=1S/C6H13N4.ClH/c1-9(2)6(5-8-7)10(3)4;/h5H,1-4H3;1H/q+1;/p-1. The molecule has 0 heterocycles. The Morgan fingerprint density at radius 1 is 1.18 bits per heavy atom. The van der Waals surface area contributed by atoms with Crippen molar-refractivity contribution in [3.8, 4) is 0 Å². The second kappa shape index (κ2) is 5.81. The minimum absolute atomic E-state index is 0. The van der Waals surface area contributed by atoms with Gasteiger partial charge in [-0.2, -0.15) is 0 Å². The molecule has 5 heteroatoms. The van der Waals surface area contributed by atoms with Crippen LogP contribution in [-0.4, -0.2) is 38.0 Å². The molecular weight excluding hydrogens is 164 g/mol. The van der Waals surface area contributed by atoms with Crippen LogP contribution in [0.25, 0.3) is 4.98 Å². The second-order valence-corrected chi connectivity index (χ2v) is 2.39. The van der Waals surface area contributed by atoms with E-state index in [1.165, 1.54) is 6.20 Å². The zero-order valence-electron chi connectivity index (χ0n) is 7.24. The summed E-state index contributed by atoms with van der Waals surface area (Å²) in [5, 5.41) is 8.23. The van der Waals surface area contributed by atoms with Gasteiger partial charge in [-0.1, -0.05) is 0 Å². The number of hydrogen-bond acceptors (Lipinski definition) is 3. The van der Waals surface area contributed by atoms with E-state index >= 15 is 0 Å². The molecule has 0 fully saturated rings. The van der Waals surface area contributed by atoms with Crippen LogP contribution in [0.15, 0.2) is 12.0 Å². The van der Waals surface area contributed by atoms with Gasteiger partial charge in [0.2, 0.25) is 5.39 Å². The first kappa shape index (κ1) is 12.7. The molecule has 0 aliphatic rings. The number of rotatable bonds is 2. The highest BCUT2D eigenvalue weighted by Gasteiger charge is 2.06. The lowest BCUT2D eigenvalue weighted by molar-refractivity contribution is -0.00000257. The average molecular weight is 177 g/mol. The van der Waals surface area contributed by atoms with E-state index in [2.05, 4.69) is 4.98 Å². The number of halogens is 1. The Labute approximate surface area is 73.5 Å². The van der Waals surface area contributed by atoms with Gasteiger partial charge in [0, 0.05) is 28.2 Å². The summed E-state index contributed by atoms with van der Waals surface area (Å²) < 4.78 is 0. The molecule has 0 saturated carbocycles. The van der Waals surface area contributed by atoms with E-state index in [0.717, 1.165) is 5.82 Å². The third-order valence-electron chi connectivity index (χ3n) is 1.09. The lowest BCUT2D eigenvalue weighted by atomic mass is 10.6. The van der Waals surface area contributed by atoms with E-state index in [9.17, 15) is 0 Å². The maximum absolute atomic E-state index is 8.23. The van der Waals surface area contributed by atoms with E-state index < -0.39 is 0 Å². The molecule has 0 amide bonds. The van der Waals surface area contributed by atoms with Gasteiger partial charge in [0.25, 0.3) is 0 Å². The van der Waals surface area contributed by atoms with E-state index in [1.54, 1.807) is 0 Å². The van der Waals surface area contributed by atoms with E-state index in [0.29, 0.717) is 0 Å². The molecule has 0 unspecified atom stereocenters. The van der Waals surface area contributed by atoms with Crippen molar-refractivity contribution in [3.63, 3.8) is 0 Å². The first-order chi connectivity index (χ1) is 4.59. The fourth-order valence-electron chi connectivity index (χ4n) is 0.683. The molecule has 0 saturated heterocycles. The lowest BCUT2D eigenvalue weighted by Crippen LogP contribution is -3.00. The molecule has 0 aliphatic carbocycles. The molecule has 0 radical (unpaired) electrons. The van der Waals surface area contributed by atoms with Crippen molar-refractivity contribution in [3.05, 3.63) is 17.0 Å². The average Bonchev–Trinajstić information content (AvgIpc) is 1.81. The van der Waals surface area contributed by atoms with Gasteiger partial charge in [0.15, 0.2) is 10.8 Å². The number of hydrogen-bond donors (Lipinski definition) is 0. The van der Waals surface area contributed by atoms with Gasteiger partial charge in [-0.25, -0.2) is 0 Å². The third kappa shape index (κ3) is 4.45. The smallest absolute Gasteiger partial charge is 0.390 e. The molecule has 0 aromatic rings. The molecule has 0 spiro atoms. The quantitative estimate of drug-likeness (QED) is 0.447. The summed E-state index contributed by atoms with van der Waals surface area (Å²) in [4.78, 5) is 6.65. The summed E-state index contributed by atoms with van der Waals surface area (Å²) in [6.45, 7) is 0. The van der Waals surface area contributed by atoms with Crippen LogP contribution < -0.4 is 12.4 Å². The fraction of sp³-hybridized carbons (Fsp3) is 0.667. The Bertz CT molecular complexity index is 158. The molecule has 0 aliphatic heterocycles. The minimum atomic E-state index is 0. The third-order valence-corrected chi connectivity index (χ3v) is 1.09. The highest BCUT2D eigenvalue weighted by Crippen LogP contribution is 2.00. The van der Waals surface area contributed by atoms with Crippen molar-refractivity contribution in [2.24, 2.45) is 0 Å². The highest BCUT2D eigenvalue weighted by molar-refractivity contribution is 5.00. The lowest BCUT2D eigenvalue weighted by Gasteiger charge is -2.19. The van der Waals surface area contributed by atoms with Crippen molar-refractivity contribution >= 4 is 0 Å². The molecule has 0 N–H and O–H groups in total. The van der Waals surface area contributed by atoms with Crippen LogP contribution in [0.1, 0.15) is 0 Å². The van der Waals surface area contributed by atoms with Crippen LogP contribution >= 0.6 is 0 Å². The molecule has 0 atom stereocenters. The van der Waals surface area contributed by atoms with Crippen LogP contribution in [-0.2, 0) is 0 Å². The summed E-state index contributed by atoms with van der Waals surface area (Å²) in [6.07, 6.45) is 1.39. The molecule has 64 valence electrons. The molecule has 0 aromatic heterocycles. The van der Waals surface area contributed by atoms with Gasteiger partial charge >= 0.3 is 6.20 Å². The van der Waals surface area contributed by atoms with Crippen molar-refractivity contribution in [2.75, 3.05) is 28.2 Å². The van der Waals surface area contributed by atoms with Crippen LogP contribution in [0, 0.1) is 5.39 Å². The summed E-state index contributed by atoms with van der Waals surface area (Å²) in [7, 11) is 7.54. The van der Waals surface area contributed by atoms with Gasteiger partial charge in [-0.3, -0.25) is 0 Å². The van der Waals surface area contributed by atoms with E-state index in [1.807, 2.05) is 38.0 Å². The summed E-state index contributed by atoms with van der Waals surface area (Å²) in [6, 6.07) is 0. The predicted molar refractivity (Wildman–Crippen MR) is 40.5 cm³/mol. The largest absolute Gasteiger partial charge is 1.00 e. The Balaban J connectivity index is 0. The monoisotopic (exact) mass is 176 g/mol. The Morgan fingerprint density at radius 3 is 1.64 bits per heavy atom. The second-order valence-electron chi connectivity index (χ2n) is 2.39. The SMILES string of the molecule is CN(C)C(=C[N+]#N)N(C)C.[Cl-]. The van der Waals surface area contributed by atoms with Crippen molar-refractivity contribution in [1.29, 1.82) is 5.39 Å². The summed E-state index contributed by atoms with van der Waals surface area (Å²) in [5.74, 6) is 0.850. The Kier molecular flexibility index (Phi) is 6.70. The Hall–Kier alpha value is -0.950. The van der Waals surface area contributed by atoms with Crippen LogP contribution in [0.5, 0.6) is 0 Å². The van der Waals surface area contributed by atoms with Crippen LogP contribution in [0.3, 0.4) is 0 Å². The molecule has 4 nitrogen and oxygen atoms in total. The first-order valence-corrected chi connectivity index (χ1v) is 2.98. The highest BCUT2D eigenvalue weighted by atomic mass is 35.5. The predicted octanol–water partition coefficient (Wildman–Crippen LogP) is -2.23. The topological polar surface area (TPSA) is 34.6 Å². The Morgan fingerprint density at radius 2 is 1.55 bits per heavy atom. The summed E-state index contributed by atoms with van der Waals surface area (Å²) >= 11 is 0. The van der Waals surface area contributed by atoms with Crippen molar-refractivity contribution in [2.45, 2.75) is 0 Å². The van der Waals surface area contributed by atoms with Crippen molar-refractivity contribution in [1.82, 2.24) is 9.80 Å². The molecule has 0 aromatic carbocycles. The fourth-order valence-corrected chi connectivity index (χ4v) is 0.683. The van der Waals surface area contributed by atoms with E-state index in [4.69, 9.17) is 5.39 Å². The zero-order valence-corrected chi connectivity index (χ0v) is 8.00. The van der Waals surface area contributed by atoms with Gasteiger partial charge in [-0.15, -0.1) is 0 Å². The molecule has 0 bridgehead atoms. The van der Waals surface area contributed by atoms with E-state index in [-0.39, 0.29) is 12.4 Å². The van der Waals surface area contributed by atoms with Gasteiger partial charge in [0.05, 0.1) is 0 Å². The first-order valence-electron chi connectivity index (χ1n) is 2.98. The molecular formula is C6H13ClN4. The van der Waals surface area contributed by atoms with Crippen LogP contribution in [0.2, 0.25) is 0 Å². The summed E-state index contributed by atoms with van der Waals surface area (Å²) in [5.41, 5.74) is 0. The normalized spacial score (nSPS) is 7.18. The number of diazo groups is 1. The van der Waals surface area contributed by atoms with Gasteiger partial charge < -0.3 is 22.2 Å². The minimum Gasteiger partial charge on any atom is -1.00 e. The molecule has 0 rings (SSSR count). The van der Waals surface area contributed by atoms with Gasteiger partial charge in [-0.05, 0) is 0 Å². The van der Waals surface area contributed by atoms with Crippen molar-refractivity contribution < 1.29 is 12.4 Å². The van der Waals surface area contributed by atoms with Gasteiger partial charge in [0.1, 0.15) is 0 Å².